The van der Waals surface area contributed by atoms with Gasteiger partial charge in [-0.15, -0.1) is 0 Å². The molecule has 2 atom stereocenters. The van der Waals surface area contributed by atoms with Crippen LogP contribution in [0.3, 0.4) is 0 Å². The minimum atomic E-state index is -0.718. The van der Waals surface area contributed by atoms with Gasteiger partial charge in [0.05, 0.1) is 5.92 Å². The van der Waals surface area contributed by atoms with Gasteiger partial charge in [-0.1, -0.05) is 144 Å². The molecule has 3 rings (SSSR count). The molecule has 0 aliphatic heterocycles. The number of carbonyl (C=O) groups is 1. The average Bonchev–Trinajstić information content (AvgIpc) is 3.16. The second kappa shape index (κ2) is 29.1. The maximum Gasteiger partial charge on any atom is 0.312 e. The molecule has 0 amide bonds. The van der Waals surface area contributed by atoms with Gasteiger partial charge in [0.1, 0.15) is 0 Å². The predicted molar refractivity (Wildman–Crippen MR) is 215 cm³/mol. The van der Waals surface area contributed by atoms with Crippen LogP contribution >= 0.6 is 0 Å². The van der Waals surface area contributed by atoms with Gasteiger partial charge in [0.25, 0.3) is 0 Å². The highest BCUT2D eigenvalue weighted by Gasteiger charge is 2.29. The Morgan fingerprint density at radius 1 is 0.569 bits per heavy atom. The van der Waals surface area contributed by atoms with E-state index in [0.29, 0.717) is 0 Å². The Morgan fingerprint density at radius 3 is 1.53 bits per heavy atom. The summed E-state index contributed by atoms with van der Waals surface area (Å²) in [4.78, 5) is 20.8. The van der Waals surface area contributed by atoms with E-state index in [1.54, 1.807) is 0 Å². The van der Waals surface area contributed by atoms with Gasteiger partial charge in [0.2, 0.25) is 0 Å². The van der Waals surface area contributed by atoms with Crippen molar-refractivity contribution >= 4 is 5.97 Å². The van der Waals surface area contributed by atoms with Crippen LogP contribution in [0, 0.1) is 0 Å². The number of rotatable bonds is 31. The second-order valence-electron chi connectivity index (χ2n) is 14.2. The number of nitrogens with zero attached hydrogens (tertiary/aromatic N) is 2. The molecular formula is C46H67N3O2. The third-order valence-corrected chi connectivity index (χ3v) is 9.90. The van der Waals surface area contributed by atoms with Crippen LogP contribution in [0.15, 0.2) is 104 Å². The van der Waals surface area contributed by atoms with Crippen molar-refractivity contribution in [1.29, 1.82) is 0 Å². The van der Waals surface area contributed by atoms with Crippen LogP contribution in [0.2, 0.25) is 0 Å². The van der Waals surface area contributed by atoms with Gasteiger partial charge in [0, 0.05) is 30.8 Å². The summed E-state index contributed by atoms with van der Waals surface area (Å²) in [5.74, 6) is -1.22. The summed E-state index contributed by atoms with van der Waals surface area (Å²) in [5.41, 5.74) is 3.53. The van der Waals surface area contributed by atoms with Gasteiger partial charge in [-0.3, -0.25) is 14.8 Å². The molecule has 2 N–H and O–H groups in total. The Kier molecular flexibility index (Phi) is 23.8. The summed E-state index contributed by atoms with van der Waals surface area (Å²) in [6, 6.07) is 18.1. The third kappa shape index (κ3) is 20.8. The quantitative estimate of drug-likeness (QED) is 0.0518. The van der Waals surface area contributed by atoms with Crippen molar-refractivity contribution in [3.8, 4) is 0 Å². The molecule has 51 heavy (non-hydrogen) atoms. The zero-order valence-corrected chi connectivity index (χ0v) is 31.5. The summed E-state index contributed by atoms with van der Waals surface area (Å²) in [6.45, 7) is 0.895. The smallest absolute Gasteiger partial charge is 0.312 e. The monoisotopic (exact) mass is 694 g/mol. The minimum Gasteiger partial charge on any atom is -0.481 e. The highest BCUT2D eigenvalue weighted by molar-refractivity contribution is 5.77. The molecule has 5 heteroatoms. The molecule has 2 heterocycles. The number of benzene rings is 1. The molecule has 3 aromatic rings. The normalized spacial score (nSPS) is 12.9. The van der Waals surface area contributed by atoms with E-state index in [-0.39, 0.29) is 6.04 Å². The van der Waals surface area contributed by atoms with E-state index in [0.717, 1.165) is 57.1 Å². The number of allylic oxidation sites excluding steroid dienone is 4. The predicted octanol–water partition coefficient (Wildman–Crippen LogP) is 12.0. The fourth-order valence-corrected chi connectivity index (χ4v) is 6.90. The molecule has 0 saturated heterocycles. The second-order valence-corrected chi connectivity index (χ2v) is 14.2. The van der Waals surface area contributed by atoms with Crippen LogP contribution in [0.4, 0.5) is 0 Å². The topological polar surface area (TPSA) is 75.1 Å². The molecule has 5 nitrogen and oxygen atoms in total. The summed E-state index contributed by atoms with van der Waals surface area (Å²) in [7, 11) is 0. The lowest BCUT2D eigenvalue weighted by atomic mass is 9.88. The Morgan fingerprint density at radius 2 is 1.04 bits per heavy atom. The number of nitrogens with one attached hydrogen (secondary N) is 1. The van der Waals surface area contributed by atoms with E-state index in [1.165, 1.54) is 107 Å². The first kappa shape index (κ1) is 41.8. The SMILES string of the molecule is O=C(O)[C@@H](c1ccccc1)[C@@H](CCCCCCCCC/C=C/CCc1cccnc1)NCCCCCCCCCC/C=C\CCc1cccnc1. The van der Waals surface area contributed by atoms with E-state index in [1.807, 2.05) is 67.3 Å². The molecule has 0 fully saturated rings. The zero-order valence-electron chi connectivity index (χ0n) is 31.5. The fourth-order valence-electron chi connectivity index (χ4n) is 6.90. The van der Waals surface area contributed by atoms with Crippen molar-refractivity contribution in [2.45, 2.75) is 153 Å². The van der Waals surface area contributed by atoms with Crippen molar-refractivity contribution in [2.75, 3.05) is 6.54 Å². The van der Waals surface area contributed by atoms with E-state index in [2.05, 4.69) is 51.7 Å². The van der Waals surface area contributed by atoms with Gasteiger partial charge in [0.15, 0.2) is 0 Å². The molecule has 0 spiro atoms. The molecule has 0 aliphatic carbocycles. The number of aryl methyl sites for hydroxylation is 2. The van der Waals surface area contributed by atoms with Crippen molar-refractivity contribution in [2.24, 2.45) is 0 Å². The summed E-state index contributed by atoms with van der Waals surface area (Å²) in [5, 5.41) is 13.9. The van der Waals surface area contributed by atoms with Crippen LogP contribution in [0.1, 0.15) is 151 Å². The summed E-state index contributed by atoms with van der Waals surface area (Å²) >= 11 is 0. The number of pyridine rings is 2. The van der Waals surface area contributed by atoms with Crippen LogP contribution in [-0.4, -0.2) is 33.6 Å². The Bertz CT molecular complexity index is 1300. The molecular weight excluding hydrogens is 627 g/mol. The van der Waals surface area contributed by atoms with Crippen molar-refractivity contribution in [3.05, 3.63) is 120 Å². The van der Waals surface area contributed by atoms with Gasteiger partial charge in [-0.05, 0) is 99.6 Å². The van der Waals surface area contributed by atoms with Gasteiger partial charge >= 0.3 is 5.97 Å². The molecule has 0 saturated carbocycles. The standard InChI is InChI=1S/C46H67N3O2/c50-46(51)45(43-33-23-20-24-34-43)44(35-25-18-14-10-6-3-5-9-13-17-22-30-42-32-28-37-48-40-42)49-38-26-19-15-11-7-2-1-4-8-12-16-21-29-41-31-27-36-47-39-41/h12-13,16-17,20,23-24,27-28,31-34,36-37,39-40,44-45,49H,1-11,14-15,18-19,21-22,25-26,29-30,35,38H2,(H,50,51)/b16-12-,17-13+/t44-,45+/m1/s1. The number of aliphatic carboxylic acids is 1. The number of hydrogen-bond acceptors (Lipinski definition) is 4. The van der Waals surface area contributed by atoms with Crippen molar-refractivity contribution in [1.82, 2.24) is 15.3 Å². The van der Waals surface area contributed by atoms with Gasteiger partial charge < -0.3 is 10.4 Å². The maximum absolute atomic E-state index is 12.5. The lowest BCUT2D eigenvalue weighted by molar-refractivity contribution is -0.139. The first-order valence-corrected chi connectivity index (χ1v) is 20.3. The molecule has 0 bridgehead atoms. The number of carboxylic acids is 1. The van der Waals surface area contributed by atoms with Crippen molar-refractivity contribution in [3.63, 3.8) is 0 Å². The number of aromatic nitrogens is 2. The fraction of sp³-hybridized carbons (Fsp3) is 0.543. The highest BCUT2D eigenvalue weighted by Crippen LogP contribution is 2.25. The summed E-state index contributed by atoms with van der Waals surface area (Å²) < 4.78 is 0. The van der Waals surface area contributed by atoms with Crippen LogP contribution in [0.5, 0.6) is 0 Å². The molecule has 278 valence electrons. The first-order valence-electron chi connectivity index (χ1n) is 20.3. The van der Waals surface area contributed by atoms with E-state index in [9.17, 15) is 9.90 Å². The number of carboxylic acid groups (broad SMARTS) is 1. The lowest BCUT2D eigenvalue weighted by Crippen LogP contribution is -2.39. The minimum absolute atomic E-state index is 0.0285. The average molecular weight is 694 g/mol. The maximum atomic E-state index is 12.5. The summed E-state index contributed by atoms with van der Waals surface area (Å²) in [6.07, 6.45) is 43.2. The number of hydrogen-bond donors (Lipinski definition) is 2. The first-order chi connectivity index (χ1) is 25.2. The zero-order chi connectivity index (χ0) is 35.9. The van der Waals surface area contributed by atoms with Crippen LogP contribution in [0.25, 0.3) is 0 Å². The third-order valence-electron chi connectivity index (χ3n) is 9.90. The molecule has 2 aromatic heterocycles. The Hall–Kier alpha value is -3.57. The molecule has 0 radical (unpaired) electrons. The molecule has 0 aliphatic rings. The van der Waals surface area contributed by atoms with E-state index < -0.39 is 11.9 Å². The molecule has 0 unspecified atom stereocenters. The number of unbranched alkanes of at least 4 members (excludes halogenated alkanes) is 15. The van der Waals surface area contributed by atoms with E-state index >= 15 is 0 Å². The van der Waals surface area contributed by atoms with Gasteiger partial charge in [-0.2, -0.15) is 0 Å². The lowest BCUT2D eigenvalue weighted by Gasteiger charge is -2.26. The van der Waals surface area contributed by atoms with Crippen molar-refractivity contribution < 1.29 is 9.90 Å². The van der Waals surface area contributed by atoms with E-state index in [4.69, 9.17) is 0 Å². The van der Waals surface area contributed by atoms with Crippen LogP contribution < -0.4 is 5.32 Å². The van der Waals surface area contributed by atoms with Crippen LogP contribution in [-0.2, 0) is 17.6 Å². The Balaban J connectivity index is 1.21. The Labute approximate surface area is 310 Å². The highest BCUT2D eigenvalue weighted by atomic mass is 16.4. The van der Waals surface area contributed by atoms with Gasteiger partial charge in [-0.25, -0.2) is 0 Å². The molecule has 1 aromatic carbocycles. The largest absolute Gasteiger partial charge is 0.481 e.